The zero-order valence-corrected chi connectivity index (χ0v) is 19.9. The van der Waals surface area contributed by atoms with Crippen LogP contribution in [-0.4, -0.2) is 49.3 Å². The van der Waals surface area contributed by atoms with E-state index in [4.69, 9.17) is 0 Å². The highest BCUT2D eigenvalue weighted by Crippen LogP contribution is 2.65. The predicted molar refractivity (Wildman–Crippen MR) is 125 cm³/mol. The molecule has 9 heteroatoms. The van der Waals surface area contributed by atoms with Crippen LogP contribution in [0.15, 0.2) is 42.5 Å². The Labute approximate surface area is 202 Å². The Morgan fingerprint density at radius 1 is 1.09 bits per heavy atom. The first kappa shape index (κ1) is 23.0. The van der Waals surface area contributed by atoms with Crippen molar-refractivity contribution in [2.24, 2.45) is 11.3 Å². The van der Waals surface area contributed by atoms with E-state index in [9.17, 15) is 17.6 Å². The van der Waals surface area contributed by atoms with Gasteiger partial charge in [0.2, 0.25) is 15.9 Å². The summed E-state index contributed by atoms with van der Waals surface area (Å²) in [7, 11) is -3.72. The van der Waals surface area contributed by atoms with E-state index in [-0.39, 0.29) is 30.0 Å². The number of amides is 1. The fraction of sp³-hybridized carbons (Fsp3) is 0.500. The van der Waals surface area contributed by atoms with Crippen LogP contribution >= 0.6 is 0 Å². The van der Waals surface area contributed by atoms with Gasteiger partial charge in [-0.25, -0.2) is 26.3 Å². The molecule has 2 bridgehead atoms. The van der Waals surface area contributed by atoms with Gasteiger partial charge >= 0.3 is 0 Å². The summed E-state index contributed by atoms with van der Waals surface area (Å²) in [6.07, 6.45) is 1.79. The van der Waals surface area contributed by atoms with E-state index in [2.05, 4.69) is 4.72 Å². The van der Waals surface area contributed by atoms with Gasteiger partial charge in [0.15, 0.2) is 0 Å². The molecule has 1 heterocycles. The molecule has 5 nitrogen and oxygen atoms in total. The lowest BCUT2D eigenvalue weighted by Crippen LogP contribution is -2.62. The molecule has 0 aromatic heterocycles. The van der Waals surface area contributed by atoms with Gasteiger partial charge in [-0.15, -0.1) is 0 Å². The van der Waals surface area contributed by atoms with Crippen LogP contribution in [0.25, 0.3) is 11.1 Å². The zero-order chi connectivity index (χ0) is 24.5. The average Bonchev–Trinajstić information content (AvgIpc) is 3.56. The van der Waals surface area contributed by atoms with Crippen molar-refractivity contribution in [2.45, 2.75) is 62.0 Å². The largest absolute Gasteiger partial charge is 0.334 e. The number of nitrogens with one attached hydrogen (secondary N) is 1. The molecule has 0 radical (unpaired) electrons. The predicted octanol–water partition coefficient (Wildman–Crippen LogP) is 3.97. The summed E-state index contributed by atoms with van der Waals surface area (Å²) in [5, 5.41) is -0.536. The Morgan fingerprint density at radius 2 is 1.80 bits per heavy atom. The van der Waals surface area contributed by atoms with Crippen LogP contribution in [0.2, 0.25) is 0 Å². The Bertz CT molecular complexity index is 1280. The van der Waals surface area contributed by atoms with Gasteiger partial charge in [0.1, 0.15) is 17.8 Å². The number of halogens is 3. The van der Waals surface area contributed by atoms with Crippen molar-refractivity contribution in [2.75, 3.05) is 6.54 Å². The molecule has 2 aromatic rings. The number of hydrogen-bond donors (Lipinski definition) is 1. The summed E-state index contributed by atoms with van der Waals surface area (Å²) < 4.78 is 72.6. The molecule has 1 N–H and O–H groups in total. The molecular formula is C26H27F3N2O3S. The third kappa shape index (κ3) is 3.87. The van der Waals surface area contributed by atoms with Crippen molar-refractivity contribution in [3.63, 3.8) is 0 Å². The monoisotopic (exact) mass is 504 g/mol. The highest BCUT2D eigenvalue weighted by atomic mass is 32.2. The lowest BCUT2D eigenvalue weighted by atomic mass is 9.44. The molecule has 4 aliphatic carbocycles. The smallest absolute Gasteiger partial charge is 0.229 e. The lowest BCUT2D eigenvalue weighted by molar-refractivity contribution is -0.178. The van der Waals surface area contributed by atoms with E-state index in [0.717, 1.165) is 19.3 Å². The summed E-state index contributed by atoms with van der Waals surface area (Å²) in [5.41, 5.74) is 0.336. The molecule has 5 fully saturated rings. The van der Waals surface area contributed by atoms with Gasteiger partial charge in [-0.1, -0.05) is 30.3 Å². The maximum atomic E-state index is 15.6. The maximum Gasteiger partial charge on any atom is 0.229 e. The Morgan fingerprint density at radius 3 is 2.43 bits per heavy atom. The first-order valence-electron chi connectivity index (χ1n) is 12.2. The van der Waals surface area contributed by atoms with Crippen molar-refractivity contribution >= 4 is 15.9 Å². The number of likely N-dealkylation sites (tertiary alicyclic amines) is 1. The van der Waals surface area contributed by atoms with Crippen molar-refractivity contribution in [1.29, 1.82) is 0 Å². The summed E-state index contributed by atoms with van der Waals surface area (Å²) in [5.74, 6) is -0.677. The van der Waals surface area contributed by atoms with E-state index in [1.54, 1.807) is 18.2 Å². The van der Waals surface area contributed by atoms with E-state index in [1.807, 2.05) is 0 Å². The van der Waals surface area contributed by atoms with Crippen molar-refractivity contribution in [3.05, 3.63) is 59.7 Å². The van der Waals surface area contributed by atoms with Gasteiger partial charge in [0.05, 0.1) is 29.3 Å². The van der Waals surface area contributed by atoms with E-state index in [1.165, 1.54) is 29.2 Å². The second-order valence-electron chi connectivity index (χ2n) is 10.7. The summed E-state index contributed by atoms with van der Waals surface area (Å²) in [6.45, 7) is -0.209. The van der Waals surface area contributed by atoms with Crippen molar-refractivity contribution < 1.29 is 26.4 Å². The molecule has 35 heavy (non-hydrogen) atoms. The molecule has 0 unspecified atom stereocenters. The molecule has 0 spiro atoms. The Balaban J connectivity index is 1.33. The highest BCUT2D eigenvalue weighted by Gasteiger charge is 2.64. The number of rotatable bonds is 7. The average molecular weight is 505 g/mol. The van der Waals surface area contributed by atoms with Crippen molar-refractivity contribution in [3.8, 4) is 11.1 Å². The first-order valence-corrected chi connectivity index (χ1v) is 13.7. The molecule has 2 aromatic carbocycles. The summed E-state index contributed by atoms with van der Waals surface area (Å²) >= 11 is 0. The Hall–Kier alpha value is -2.39. The van der Waals surface area contributed by atoms with Crippen LogP contribution in [0.4, 0.5) is 13.2 Å². The second kappa shape index (κ2) is 8.06. The van der Waals surface area contributed by atoms with Gasteiger partial charge in [0, 0.05) is 5.56 Å². The lowest BCUT2D eigenvalue weighted by Gasteiger charge is -2.61. The van der Waals surface area contributed by atoms with Crippen LogP contribution in [-0.2, 0) is 21.2 Å². The number of carbonyl (C=O) groups is 1. The number of nitrogens with zero attached hydrogens (tertiary/aromatic N) is 1. The summed E-state index contributed by atoms with van der Waals surface area (Å²) in [4.78, 5) is 14.9. The normalized spacial score (nSPS) is 31.7. The first-order chi connectivity index (χ1) is 16.7. The molecule has 186 valence electrons. The number of carbonyl (C=O) groups excluding carboxylic acids is 1. The third-order valence-corrected chi connectivity index (χ3v) is 10.2. The van der Waals surface area contributed by atoms with Crippen LogP contribution < -0.4 is 4.72 Å². The molecule has 1 aliphatic heterocycles. The minimum atomic E-state index is -3.72. The van der Waals surface area contributed by atoms with Crippen LogP contribution in [0.1, 0.15) is 37.7 Å². The zero-order valence-electron chi connectivity index (χ0n) is 19.1. The van der Waals surface area contributed by atoms with Crippen LogP contribution in [0, 0.1) is 23.0 Å². The number of alkyl halides is 1. The van der Waals surface area contributed by atoms with Gasteiger partial charge in [-0.3, -0.25) is 4.79 Å². The minimum absolute atomic E-state index is 0.0431. The number of benzene rings is 2. The molecule has 3 atom stereocenters. The SMILES string of the molecule is O=C(N1C[C@H](F)[C@H](NS(=O)(=O)C2CC2)[C@@H]1Cc1cccc(-c2cccc(F)c2)c1F)C12CC(C1)C2. The van der Waals surface area contributed by atoms with E-state index >= 15 is 8.78 Å². The number of sulfonamides is 1. The minimum Gasteiger partial charge on any atom is -0.334 e. The summed E-state index contributed by atoms with van der Waals surface area (Å²) in [6, 6.07) is 8.34. The Kier molecular flexibility index (Phi) is 5.31. The maximum absolute atomic E-state index is 15.6. The van der Waals surface area contributed by atoms with Gasteiger partial charge < -0.3 is 4.90 Å². The van der Waals surface area contributed by atoms with Gasteiger partial charge in [0.25, 0.3) is 0 Å². The molecule has 4 saturated carbocycles. The molecular weight excluding hydrogens is 477 g/mol. The van der Waals surface area contributed by atoms with E-state index in [0.29, 0.717) is 24.3 Å². The molecule has 1 saturated heterocycles. The van der Waals surface area contributed by atoms with Crippen LogP contribution in [0.5, 0.6) is 0 Å². The topological polar surface area (TPSA) is 66.5 Å². The van der Waals surface area contributed by atoms with Crippen LogP contribution in [0.3, 0.4) is 0 Å². The fourth-order valence-corrected chi connectivity index (χ4v) is 7.68. The van der Waals surface area contributed by atoms with Gasteiger partial charge in [-0.2, -0.15) is 0 Å². The standard InChI is InChI=1S/C26H27F3N2O3S/c27-18-5-1-3-16(9-18)20-6-2-4-17(23(20)29)10-22-24(30-35(33,34)19-7-8-19)21(28)14-31(22)25(32)26-11-15(12-26)13-26/h1-6,9,15,19,21-22,24,30H,7-8,10-14H2/t15?,21-,22-,24-,26?/m0/s1. The van der Waals surface area contributed by atoms with Gasteiger partial charge in [-0.05, 0) is 67.7 Å². The highest BCUT2D eigenvalue weighted by molar-refractivity contribution is 7.90. The second-order valence-corrected chi connectivity index (χ2v) is 12.7. The third-order valence-electron chi connectivity index (χ3n) is 8.24. The quantitative estimate of drug-likeness (QED) is 0.621. The fourth-order valence-electron chi connectivity index (χ4n) is 6.05. The molecule has 5 aliphatic rings. The van der Waals surface area contributed by atoms with Crippen molar-refractivity contribution in [1.82, 2.24) is 9.62 Å². The van der Waals surface area contributed by atoms with E-state index < -0.39 is 50.6 Å². The molecule has 1 amide bonds. The number of hydrogen-bond acceptors (Lipinski definition) is 3. The molecule has 7 rings (SSSR count).